The summed E-state index contributed by atoms with van der Waals surface area (Å²) in [6, 6.07) is 8.87. The van der Waals surface area contributed by atoms with Crippen LogP contribution in [-0.2, 0) is 11.8 Å². The number of anilines is 3. The predicted molar refractivity (Wildman–Crippen MR) is 110 cm³/mol. The minimum Gasteiger partial charge on any atom is -0.438 e. The molecular weight excluding hydrogens is 370 g/mol. The van der Waals surface area contributed by atoms with Gasteiger partial charge in [0.2, 0.25) is 17.7 Å². The van der Waals surface area contributed by atoms with Crippen LogP contribution in [0, 0.1) is 6.92 Å². The van der Waals surface area contributed by atoms with E-state index in [0.717, 1.165) is 16.8 Å². The molecule has 29 heavy (non-hydrogen) atoms. The lowest BCUT2D eigenvalue weighted by atomic mass is 10.3. The van der Waals surface area contributed by atoms with E-state index in [1.807, 2.05) is 26.2 Å². The van der Waals surface area contributed by atoms with Crippen LogP contribution in [0.4, 0.5) is 17.3 Å². The van der Waals surface area contributed by atoms with Crippen LogP contribution >= 0.6 is 0 Å². The average molecular weight is 389 g/mol. The first-order valence-corrected chi connectivity index (χ1v) is 8.85. The van der Waals surface area contributed by atoms with Gasteiger partial charge >= 0.3 is 0 Å². The van der Waals surface area contributed by atoms with Gasteiger partial charge in [-0.3, -0.25) is 9.48 Å². The Morgan fingerprint density at radius 2 is 2.17 bits per heavy atom. The van der Waals surface area contributed by atoms with E-state index >= 15 is 0 Å². The number of ether oxygens (including phenoxy) is 1. The molecule has 0 saturated carbocycles. The van der Waals surface area contributed by atoms with Crippen molar-refractivity contribution in [2.75, 3.05) is 10.6 Å². The molecule has 0 saturated heterocycles. The predicted octanol–water partition coefficient (Wildman–Crippen LogP) is 3.66. The molecule has 1 amide bonds. The normalized spacial score (nSPS) is 10.7. The average Bonchev–Trinajstić information content (AvgIpc) is 3.28. The summed E-state index contributed by atoms with van der Waals surface area (Å²) in [6.45, 7) is 5.35. The van der Waals surface area contributed by atoms with Gasteiger partial charge in [0.25, 0.3) is 0 Å². The highest BCUT2D eigenvalue weighted by Crippen LogP contribution is 2.30. The molecule has 4 aromatic rings. The topological polar surface area (TPSA) is 110 Å². The van der Waals surface area contributed by atoms with E-state index in [0.29, 0.717) is 28.9 Å². The highest BCUT2D eigenvalue weighted by atomic mass is 16.5. The van der Waals surface area contributed by atoms with Gasteiger partial charge in [-0.25, -0.2) is 0 Å². The maximum atomic E-state index is 11.5. The molecule has 3 heterocycles. The molecule has 4 rings (SSSR count). The number of nitrogens with one attached hydrogen (secondary N) is 3. The fourth-order valence-electron chi connectivity index (χ4n) is 2.83. The first kappa shape index (κ1) is 18.2. The number of hydrogen-bond donors (Lipinski definition) is 3. The SMILES string of the molecule is C=CC(=O)Nc1cccc(Oc2nc(Nc3cn(C)nc3C)nc3[nH]ccc23)c1. The first-order chi connectivity index (χ1) is 14.0. The number of carbonyl (C=O) groups is 1. The molecule has 0 radical (unpaired) electrons. The molecule has 0 aliphatic rings. The van der Waals surface area contributed by atoms with Crippen molar-refractivity contribution in [3.63, 3.8) is 0 Å². The highest BCUT2D eigenvalue weighted by Gasteiger charge is 2.13. The van der Waals surface area contributed by atoms with Gasteiger partial charge in [-0.05, 0) is 31.2 Å². The van der Waals surface area contributed by atoms with E-state index in [1.54, 1.807) is 35.1 Å². The van der Waals surface area contributed by atoms with E-state index in [2.05, 4.69) is 37.3 Å². The summed E-state index contributed by atoms with van der Waals surface area (Å²) in [6.07, 6.45) is 4.83. The lowest BCUT2D eigenvalue weighted by Crippen LogP contribution is -2.07. The molecule has 1 aromatic carbocycles. The molecule has 9 nitrogen and oxygen atoms in total. The van der Waals surface area contributed by atoms with Crippen LogP contribution in [0.2, 0.25) is 0 Å². The third-order valence-electron chi connectivity index (χ3n) is 4.14. The summed E-state index contributed by atoms with van der Waals surface area (Å²) < 4.78 is 7.72. The Morgan fingerprint density at radius 1 is 1.31 bits per heavy atom. The summed E-state index contributed by atoms with van der Waals surface area (Å²) in [4.78, 5) is 23.6. The van der Waals surface area contributed by atoms with Crippen LogP contribution in [0.3, 0.4) is 0 Å². The molecule has 146 valence electrons. The van der Waals surface area contributed by atoms with Gasteiger partial charge in [0.1, 0.15) is 11.4 Å². The van der Waals surface area contributed by atoms with Gasteiger partial charge in [-0.15, -0.1) is 0 Å². The Hall–Kier alpha value is -4.14. The molecule has 9 heteroatoms. The molecule has 0 bridgehead atoms. The summed E-state index contributed by atoms with van der Waals surface area (Å²) in [7, 11) is 1.85. The van der Waals surface area contributed by atoms with Gasteiger partial charge in [-0.1, -0.05) is 12.6 Å². The summed E-state index contributed by atoms with van der Waals surface area (Å²) in [5, 5.41) is 10.9. The largest absolute Gasteiger partial charge is 0.438 e. The number of hydrogen-bond acceptors (Lipinski definition) is 6. The number of nitrogens with zero attached hydrogens (tertiary/aromatic N) is 4. The van der Waals surface area contributed by atoms with Gasteiger partial charge < -0.3 is 20.4 Å². The molecule has 0 atom stereocenters. The molecule has 3 N–H and O–H groups in total. The van der Waals surface area contributed by atoms with Crippen LogP contribution in [0.15, 0.2) is 55.4 Å². The fourth-order valence-corrected chi connectivity index (χ4v) is 2.83. The number of rotatable bonds is 6. The van der Waals surface area contributed by atoms with Crippen molar-refractivity contribution >= 4 is 34.3 Å². The lowest BCUT2D eigenvalue weighted by Gasteiger charge is -2.10. The minimum absolute atomic E-state index is 0.296. The number of benzene rings is 1. The number of aromatic amines is 1. The van der Waals surface area contributed by atoms with Crippen molar-refractivity contribution in [2.45, 2.75) is 6.92 Å². The van der Waals surface area contributed by atoms with E-state index in [-0.39, 0.29) is 5.91 Å². The standard InChI is InChI=1S/C20H19N7O2/c1-4-17(28)22-13-6-5-7-14(10-13)29-19-15-8-9-21-18(15)24-20(25-19)23-16-11-27(3)26-12(16)2/h4-11H,1H2,2-3H3,(H,22,28)(H2,21,23,24,25). The third kappa shape index (κ3) is 3.93. The Balaban J connectivity index is 1.66. The smallest absolute Gasteiger partial charge is 0.247 e. The van der Waals surface area contributed by atoms with Gasteiger partial charge in [0.05, 0.1) is 16.8 Å². The van der Waals surface area contributed by atoms with Crippen LogP contribution < -0.4 is 15.4 Å². The third-order valence-corrected chi connectivity index (χ3v) is 4.14. The Kier molecular flexibility index (Phi) is 4.70. The van der Waals surface area contributed by atoms with Crippen molar-refractivity contribution < 1.29 is 9.53 Å². The Labute approximate surface area is 166 Å². The lowest BCUT2D eigenvalue weighted by molar-refractivity contribution is -0.111. The number of carbonyl (C=O) groups excluding carboxylic acids is 1. The molecule has 0 fully saturated rings. The zero-order valence-corrected chi connectivity index (χ0v) is 15.9. The Bertz CT molecular complexity index is 1210. The molecule has 0 unspecified atom stereocenters. The van der Waals surface area contributed by atoms with Crippen LogP contribution in [0.5, 0.6) is 11.6 Å². The van der Waals surface area contributed by atoms with E-state index in [1.165, 1.54) is 6.08 Å². The molecule has 0 spiro atoms. The molecule has 0 aliphatic heterocycles. The van der Waals surface area contributed by atoms with Crippen LogP contribution in [-0.4, -0.2) is 30.6 Å². The van der Waals surface area contributed by atoms with Crippen molar-refractivity contribution in [1.29, 1.82) is 0 Å². The monoisotopic (exact) mass is 389 g/mol. The maximum absolute atomic E-state index is 11.5. The molecular formula is C20H19N7O2. The van der Waals surface area contributed by atoms with Crippen molar-refractivity contribution in [2.24, 2.45) is 7.05 Å². The highest BCUT2D eigenvalue weighted by molar-refractivity contribution is 5.99. The molecule has 0 aliphatic carbocycles. The number of fused-ring (bicyclic) bond motifs is 1. The van der Waals surface area contributed by atoms with Crippen molar-refractivity contribution in [3.05, 3.63) is 61.1 Å². The minimum atomic E-state index is -0.296. The van der Waals surface area contributed by atoms with Crippen LogP contribution in [0.25, 0.3) is 11.0 Å². The number of H-pyrrole nitrogens is 1. The first-order valence-electron chi connectivity index (χ1n) is 8.85. The zero-order valence-electron chi connectivity index (χ0n) is 15.9. The molecule has 3 aromatic heterocycles. The summed E-state index contributed by atoms with van der Waals surface area (Å²) in [5.41, 5.74) is 2.86. The summed E-state index contributed by atoms with van der Waals surface area (Å²) >= 11 is 0. The Morgan fingerprint density at radius 3 is 2.93 bits per heavy atom. The second-order valence-corrected chi connectivity index (χ2v) is 6.34. The van der Waals surface area contributed by atoms with Gasteiger partial charge in [0, 0.05) is 31.2 Å². The number of aromatic nitrogens is 5. The zero-order chi connectivity index (χ0) is 20.4. The van der Waals surface area contributed by atoms with Gasteiger partial charge in [0.15, 0.2) is 0 Å². The quantitative estimate of drug-likeness (QED) is 0.434. The maximum Gasteiger partial charge on any atom is 0.247 e. The van der Waals surface area contributed by atoms with E-state index in [9.17, 15) is 4.79 Å². The van der Waals surface area contributed by atoms with E-state index in [4.69, 9.17) is 4.74 Å². The van der Waals surface area contributed by atoms with Crippen molar-refractivity contribution in [3.8, 4) is 11.6 Å². The van der Waals surface area contributed by atoms with E-state index < -0.39 is 0 Å². The van der Waals surface area contributed by atoms with Crippen molar-refractivity contribution in [1.82, 2.24) is 24.7 Å². The second-order valence-electron chi connectivity index (χ2n) is 6.34. The van der Waals surface area contributed by atoms with Gasteiger partial charge in [-0.2, -0.15) is 15.1 Å². The summed E-state index contributed by atoms with van der Waals surface area (Å²) in [5.74, 6) is 0.988. The number of aryl methyl sites for hydroxylation is 2. The van der Waals surface area contributed by atoms with Crippen LogP contribution in [0.1, 0.15) is 5.69 Å². The number of amides is 1. The second kappa shape index (κ2) is 7.47. The fraction of sp³-hybridized carbons (Fsp3) is 0.100.